The minimum atomic E-state index is -0.692. The minimum Gasteiger partial charge on any atom is -0.369 e. The summed E-state index contributed by atoms with van der Waals surface area (Å²) < 4.78 is 0.638. The van der Waals surface area contributed by atoms with Crippen molar-refractivity contribution in [2.75, 3.05) is 0 Å². The zero-order chi connectivity index (χ0) is 13.2. The molecule has 3 nitrogen and oxygen atoms in total. The summed E-state index contributed by atoms with van der Waals surface area (Å²) in [6.45, 7) is 10.1. The van der Waals surface area contributed by atoms with Crippen LogP contribution in [0.15, 0.2) is 0 Å². The first-order chi connectivity index (χ1) is 7.60. The van der Waals surface area contributed by atoms with Crippen LogP contribution < -0.4 is 5.73 Å². The summed E-state index contributed by atoms with van der Waals surface area (Å²) in [6, 6.07) is 0. The number of nitrogens with zero attached hydrogens (tertiary/aromatic N) is 1. The lowest BCUT2D eigenvalue weighted by Gasteiger charge is -2.14. The third-order valence-electron chi connectivity index (χ3n) is 4.81. The summed E-state index contributed by atoms with van der Waals surface area (Å²) in [7, 11) is 0. The smallest absolute Gasteiger partial charge is 0.231 e. The van der Waals surface area contributed by atoms with E-state index in [1.54, 1.807) is 0 Å². The molecule has 0 bridgehead atoms. The molecule has 1 aromatic heterocycles. The van der Waals surface area contributed by atoms with Gasteiger partial charge < -0.3 is 5.73 Å². The quantitative estimate of drug-likeness (QED) is 0.900. The largest absolute Gasteiger partial charge is 0.369 e. The predicted molar refractivity (Wildman–Crippen MR) is 70.3 cm³/mol. The van der Waals surface area contributed by atoms with Gasteiger partial charge in [-0.1, -0.05) is 39.3 Å². The predicted octanol–water partition coefficient (Wildman–Crippen LogP) is 2.89. The van der Waals surface area contributed by atoms with Gasteiger partial charge in [0.15, 0.2) is 0 Å². The Balaban J connectivity index is 2.65. The average Bonchev–Trinajstić information content (AvgIpc) is 2.37. The molecule has 0 saturated heterocycles. The van der Waals surface area contributed by atoms with Crippen LogP contribution in [-0.2, 0) is 10.2 Å². The van der Waals surface area contributed by atoms with E-state index in [1.807, 2.05) is 6.92 Å². The first-order valence-electron chi connectivity index (χ1n) is 5.54. The standard InChI is InChI=1S/C12H17ClN2OS/c1-6-7(13)17-9(15-6)12(8(14)16)10(2,3)11(12,4)5/h1-5H3,(H2,14,16). The van der Waals surface area contributed by atoms with Crippen molar-refractivity contribution in [1.82, 2.24) is 4.98 Å². The number of nitrogens with two attached hydrogens (primary N) is 1. The molecule has 1 aliphatic carbocycles. The molecule has 0 unspecified atom stereocenters. The van der Waals surface area contributed by atoms with E-state index in [2.05, 4.69) is 32.7 Å². The van der Waals surface area contributed by atoms with Crippen molar-refractivity contribution in [1.29, 1.82) is 0 Å². The first-order valence-corrected chi connectivity index (χ1v) is 6.73. The molecule has 1 saturated carbocycles. The molecule has 1 aliphatic rings. The van der Waals surface area contributed by atoms with Crippen molar-refractivity contribution >= 4 is 28.8 Å². The van der Waals surface area contributed by atoms with Crippen molar-refractivity contribution in [3.8, 4) is 0 Å². The number of carbonyl (C=O) groups excluding carboxylic acids is 1. The van der Waals surface area contributed by atoms with Gasteiger partial charge in [0, 0.05) is 0 Å². The fourth-order valence-electron chi connectivity index (χ4n) is 3.11. The van der Waals surface area contributed by atoms with Crippen molar-refractivity contribution in [2.45, 2.75) is 40.0 Å². The van der Waals surface area contributed by atoms with Crippen molar-refractivity contribution in [3.63, 3.8) is 0 Å². The Bertz CT molecular complexity index is 471. The molecule has 1 fully saturated rings. The van der Waals surface area contributed by atoms with Gasteiger partial charge in [0.25, 0.3) is 0 Å². The van der Waals surface area contributed by atoms with Crippen LogP contribution in [0.25, 0.3) is 0 Å². The van der Waals surface area contributed by atoms with Gasteiger partial charge >= 0.3 is 0 Å². The second kappa shape index (κ2) is 3.23. The fourth-order valence-corrected chi connectivity index (χ4v) is 4.68. The van der Waals surface area contributed by atoms with Crippen LogP contribution in [0.2, 0.25) is 4.34 Å². The lowest BCUT2D eigenvalue weighted by Crippen LogP contribution is -2.34. The number of primary amides is 1. The topological polar surface area (TPSA) is 56.0 Å². The zero-order valence-corrected chi connectivity index (χ0v) is 12.3. The Morgan fingerprint density at radius 2 is 1.76 bits per heavy atom. The summed E-state index contributed by atoms with van der Waals surface area (Å²) >= 11 is 7.43. The highest BCUT2D eigenvalue weighted by Gasteiger charge is 2.82. The van der Waals surface area contributed by atoms with E-state index >= 15 is 0 Å². The van der Waals surface area contributed by atoms with Gasteiger partial charge in [-0.25, -0.2) is 4.98 Å². The molecular formula is C12H17ClN2OS. The van der Waals surface area contributed by atoms with Crippen LogP contribution in [-0.4, -0.2) is 10.9 Å². The van der Waals surface area contributed by atoms with E-state index in [4.69, 9.17) is 17.3 Å². The van der Waals surface area contributed by atoms with Crippen LogP contribution in [0.5, 0.6) is 0 Å². The summed E-state index contributed by atoms with van der Waals surface area (Å²) in [5.74, 6) is -0.307. The molecule has 0 radical (unpaired) electrons. The van der Waals surface area contributed by atoms with E-state index < -0.39 is 5.41 Å². The lowest BCUT2D eigenvalue weighted by molar-refractivity contribution is -0.121. The molecule has 1 aromatic rings. The number of aryl methyl sites for hydroxylation is 1. The van der Waals surface area contributed by atoms with Crippen molar-refractivity contribution < 1.29 is 4.79 Å². The maximum absolute atomic E-state index is 12.0. The molecule has 0 aromatic carbocycles. The zero-order valence-electron chi connectivity index (χ0n) is 10.7. The van der Waals surface area contributed by atoms with Gasteiger partial charge in [-0.3, -0.25) is 4.79 Å². The number of rotatable bonds is 2. The summed E-state index contributed by atoms with van der Waals surface area (Å²) in [6.07, 6.45) is 0. The third kappa shape index (κ3) is 1.18. The van der Waals surface area contributed by atoms with E-state index in [-0.39, 0.29) is 16.7 Å². The van der Waals surface area contributed by atoms with E-state index in [9.17, 15) is 4.79 Å². The normalized spacial score (nSPS) is 23.4. The Labute approximate surface area is 110 Å². The van der Waals surface area contributed by atoms with E-state index in [1.165, 1.54) is 11.3 Å². The van der Waals surface area contributed by atoms with Crippen LogP contribution in [0.3, 0.4) is 0 Å². The average molecular weight is 273 g/mol. The molecule has 94 valence electrons. The van der Waals surface area contributed by atoms with Gasteiger partial charge in [-0.05, 0) is 17.8 Å². The number of thiazole rings is 1. The molecule has 1 heterocycles. The van der Waals surface area contributed by atoms with Gasteiger partial charge in [0.05, 0.1) is 5.69 Å². The molecular weight excluding hydrogens is 256 g/mol. The number of halogens is 1. The van der Waals surface area contributed by atoms with Gasteiger partial charge in [-0.15, -0.1) is 11.3 Å². The number of amides is 1. The summed E-state index contributed by atoms with van der Waals surface area (Å²) in [4.78, 5) is 16.4. The Hall–Kier alpha value is -0.610. The fraction of sp³-hybridized carbons (Fsp3) is 0.667. The van der Waals surface area contributed by atoms with Gasteiger partial charge in [-0.2, -0.15) is 0 Å². The maximum atomic E-state index is 12.0. The molecule has 17 heavy (non-hydrogen) atoms. The highest BCUT2D eigenvalue weighted by atomic mass is 35.5. The summed E-state index contributed by atoms with van der Waals surface area (Å²) in [5.41, 5.74) is 5.35. The SMILES string of the molecule is Cc1nc(C2(C(N)=O)C(C)(C)C2(C)C)sc1Cl. The second-order valence-electron chi connectivity index (χ2n) is 5.74. The molecule has 0 atom stereocenters. The van der Waals surface area contributed by atoms with Gasteiger partial charge in [0.2, 0.25) is 5.91 Å². The molecule has 5 heteroatoms. The number of hydrogen-bond donors (Lipinski definition) is 1. The number of carbonyl (C=O) groups is 1. The second-order valence-corrected chi connectivity index (χ2v) is 7.34. The first kappa shape index (κ1) is 12.8. The minimum absolute atomic E-state index is 0.195. The van der Waals surface area contributed by atoms with E-state index in [0.717, 1.165) is 10.7 Å². The Morgan fingerprint density at radius 1 is 1.29 bits per heavy atom. The van der Waals surface area contributed by atoms with Crippen molar-refractivity contribution in [2.24, 2.45) is 16.6 Å². The van der Waals surface area contributed by atoms with Crippen LogP contribution >= 0.6 is 22.9 Å². The molecule has 2 N–H and O–H groups in total. The molecule has 0 aliphatic heterocycles. The number of hydrogen-bond acceptors (Lipinski definition) is 3. The van der Waals surface area contributed by atoms with Crippen molar-refractivity contribution in [3.05, 3.63) is 15.0 Å². The lowest BCUT2D eigenvalue weighted by atomic mass is 9.94. The highest BCUT2D eigenvalue weighted by Crippen LogP contribution is 2.78. The third-order valence-corrected chi connectivity index (χ3v) is 6.38. The Kier molecular flexibility index (Phi) is 2.44. The van der Waals surface area contributed by atoms with Gasteiger partial charge in [0.1, 0.15) is 14.8 Å². The molecule has 0 spiro atoms. The van der Waals surface area contributed by atoms with E-state index in [0.29, 0.717) is 4.34 Å². The van der Waals surface area contributed by atoms with Crippen LogP contribution in [0, 0.1) is 17.8 Å². The number of aromatic nitrogens is 1. The molecule has 1 amide bonds. The van der Waals surface area contributed by atoms with Crippen LogP contribution in [0.4, 0.5) is 0 Å². The van der Waals surface area contributed by atoms with Crippen LogP contribution in [0.1, 0.15) is 38.4 Å². The molecule has 2 rings (SSSR count). The maximum Gasteiger partial charge on any atom is 0.231 e. The Morgan fingerprint density at radius 3 is 2.00 bits per heavy atom. The summed E-state index contributed by atoms with van der Waals surface area (Å²) in [5, 5.41) is 0.752. The monoisotopic (exact) mass is 272 g/mol. The highest BCUT2D eigenvalue weighted by molar-refractivity contribution is 7.16.